The average molecular weight is 333 g/mol. The third-order valence-corrected chi connectivity index (χ3v) is 2.88. The second-order valence-corrected chi connectivity index (χ2v) is 4.16. The van der Waals surface area contributed by atoms with E-state index >= 15 is 0 Å². The van der Waals surface area contributed by atoms with E-state index in [0.717, 1.165) is 11.6 Å². The van der Waals surface area contributed by atoms with E-state index in [-0.39, 0.29) is 11.8 Å². The first kappa shape index (κ1) is 13.8. The molecule has 0 saturated carbocycles. The van der Waals surface area contributed by atoms with Crippen LogP contribution in [0.3, 0.4) is 0 Å². The lowest BCUT2D eigenvalue weighted by atomic mass is 10.2. The van der Waals surface area contributed by atoms with Gasteiger partial charge < -0.3 is 4.74 Å². The van der Waals surface area contributed by atoms with Crippen LogP contribution in [-0.2, 0) is 11.5 Å². The highest BCUT2D eigenvalue weighted by atomic mass is 79.9. The number of nitrogens with zero attached hydrogens (tertiary/aromatic N) is 2. The molecule has 7 heteroatoms. The standard InChI is InChI=1S/C12H8BrF3N2O/c13-5-8-6-17-11(18-7-8)19-10-4-2-1-3-9(10)12(14,15)16/h1-4,6-7H,5H2. The molecule has 1 aromatic heterocycles. The van der Waals surface area contributed by atoms with Crippen LogP contribution in [0.15, 0.2) is 36.7 Å². The number of halogens is 4. The molecule has 0 radical (unpaired) electrons. The van der Waals surface area contributed by atoms with Crippen molar-refractivity contribution in [2.45, 2.75) is 11.5 Å². The fourth-order valence-electron chi connectivity index (χ4n) is 1.35. The molecule has 2 aromatic rings. The van der Waals surface area contributed by atoms with Gasteiger partial charge in [0.1, 0.15) is 5.75 Å². The highest BCUT2D eigenvalue weighted by molar-refractivity contribution is 9.08. The minimum absolute atomic E-state index is 0.124. The van der Waals surface area contributed by atoms with Gasteiger partial charge >= 0.3 is 12.2 Å². The quantitative estimate of drug-likeness (QED) is 0.791. The molecule has 0 spiro atoms. The minimum Gasteiger partial charge on any atom is -0.424 e. The minimum atomic E-state index is -4.48. The van der Waals surface area contributed by atoms with Crippen molar-refractivity contribution in [2.75, 3.05) is 0 Å². The Bertz CT molecular complexity index is 558. The lowest BCUT2D eigenvalue weighted by Gasteiger charge is -2.12. The molecule has 1 heterocycles. The van der Waals surface area contributed by atoms with Crippen molar-refractivity contribution in [3.63, 3.8) is 0 Å². The molecule has 0 saturated heterocycles. The van der Waals surface area contributed by atoms with Gasteiger partial charge in [-0.1, -0.05) is 28.1 Å². The van der Waals surface area contributed by atoms with E-state index in [1.54, 1.807) is 0 Å². The highest BCUT2D eigenvalue weighted by Gasteiger charge is 2.34. The first-order valence-corrected chi connectivity index (χ1v) is 6.34. The predicted octanol–water partition coefficient (Wildman–Crippen LogP) is 4.18. The second-order valence-electron chi connectivity index (χ2n) is 3.60. The second kappa shape index (κ2) is 5.56. The monoisotopic (exact) mass is 332 g/mol. The maximum Gasteiger partial charge on any atom is 0.419 e. The Balaban J connectivity index is 2.28. The van der Waals surface area contributed by atoms with Crippen molar-refractivity contribution in [1.82, 2.24) is 9.97 Å². The number of ether oxygens (including phenoxy) is 1. The number of alkyl halides is 4. The van der Waals surface area contributed by atoms with Gasteiger partial charge in [0.05, 0.1) is 5.56 Å². The van der Waals surface area contributed by atoms with Crippen LogP contribution in [0.4, 0.5) is 13.2 Å². The molecule has 19 heavy (non-hydrogen) atoms. The van der Waals surface area contributed by atoms with Crippen LogP contribution in [0.25, 0.3) is 0 Å². The molecule has 0 amide bonds. The molecule has 0 bridgehead atoms. The number of aromatic nitrogens is 2. The van der Waals surface area contributed by atoms with Crippen molar-refractivity contribution in [2.24, 2.45) is 0 Å². The van der Waals surface area contributed by atoms with Gasteiger partial charge in [0.15, 0.2) is 0 Å². The topological polar surface area (TPSA) is 35.0 Å². The molecule has 0 aliphatic rings. The maximum atomic E-state index is 12.7. The summed E-state index contributed by atoms with van der Waals surface area (Å²) in [5.74, 6) is -0.318. The Kier molecular flexibility index (Phi) is 4.04. The molecule has 0 aliphatic heterocycles. The van der Waals surface area contributed by atoms with Crippen LogP contribution in [0.2, 0.25) is 0 Å². The van der Waals surface area contributed by atoms with E-state index in [9.17, 15) is 13.2 Å². The summed E-state index contributed by atoms with van der Waals surface area (Å²) >= 11 is 3.22. The van der Waals surface area contributed by atoms with Crippen LogP contribution in [0, 0.1) is 0 Å². The van der Waals surface area contributed by atoms with Crippen molar-refractivity contribution < 1.29 is 17.9 Å². The number of hydrogen-bond acceptors (Lipinski definition) is 3. The van der Waals surface area contributed by atoms with E-state index in [0.29, 0.717) is 5.33 Å². The first-order chi connectivity index (χ1) is 9.00. The van der Waals surface area contributed by atoms with Gasteiger partial charge in [-0.25, -0.2) is 9.97 Å². The van der Waals surface area contributed by atoms with Gasteiger partial charge in [0, 0.05) is 17.7 Å². The van der Waals surface area contributed by atoms with Crippen LogP contribution in [-0.4, -0.2) is 9.97 Å². The zero-order valence-corrected chi connectivity index (χ0v) is 11.1. The zero-order chi connectivity index (χ0) is 13.9. The molecule has 0 atom stereocenters. The molecular weight excluding hydrogens is 325 g/mol. The van der Waals surface area contributed by atoms with Gasteiger partial charge in [0.2, 0.25) is 0 Å². The summed E-state index contributed by atoms with van der Waals surface area (Å²) < 4.78 is 43.3. The van der Waals surface area contributed by atoms with Gasteiger partial charge in [0.25, 0.3) is 0 Å². The summed E-state index contributed by atoms with van der Waals surface area (Å²) in [6.07, 6.45) is -1.52. The SMILES string of the molecule is FC(F)(F)c1ccccc1Oc1ncc(CBr)cn1. The Morgan fingerprint density at radius 2 is 1.74 bits per heavy atom. The lowest BCUT2D eigenvalue weighted by molar-refractivity contribution is -0.138. The van der Waals surface area contributed by atoms with Crippen molar-refractivity contribution in [3.8, 4) is 11.8 Å². The maximum absolute atomic E-state index is 12.7. The molecule has 3 nitrogen and oxygen atoms in total. The fraction of sp³-hybridized carbons (Fsp3) is 0.167. The number of para-hydroxylation sites is 1. The van der Waals surface area contributed by atoms with Crippen LogP contribution in [0.5, 0.6) is 11.8 Å². The molecule has 0 N–H and O–H groups in total. The Hall–Kier alpha value is -1.63. The first-order valence-electron chi connectivity index (χ1n) is 5.21. The smallest absolute Gasteiger partial charge is 0.419 e. The molecule has 2 rings (SSSR count). The normalized spacial score (nSPS) is 11.4. The number of rotatable bonds is 3. The Morgan fingerprint density at radius 1 is 1.11 bits per heavy atom. The average Bonchev–Trinajstić information content (AvgIpc) is 2.39. The van der Waals surface area contributed by atoms with E-state index in [4.69, 9.17) is 4.74 Å². The fourth-order valence-corrected chi connectivity index (χ4v) is 1.64. The lowest BCUT2D eigenvalue weighted by Crippen LogP contribution is -2.07. The Morgan fingerprint density at radius 3 is 2.32 bits per heavy atom. The van der Waals surface area contributed by atoms with E-state index in [1.165, 1.54) is 30.6 Å². The van der Waals surface area contributed by atoms with E-state index in [1.807, 2.05) is 0 Å². The van der Waals surface area contributed by atoms with Gasteiger partial charge in [-0.3, -0.25) is 0 Å². The van der Waals surface area contributed by atoms with Gasteiger partial charge in [-0.15, -0.1) is 0 Å². The third-order valence-electron chi connectivity index (χ3n) is 2.23. The number of hydrogen-bond donors (Lipinski definition) is 0. The zero-order valence-electron chi connectivity index (χ0n) is 9.49. The highest BCUT2D eigenvalue weighted by Crippen LogP contribution is 2.37. The Labute approximate surface area is 115 Å². The van der Waals surface area contributed by atoms with Crippen LogP contribution >= 0.6 is 15.9 Å². The summed E-state index contributed by atoms with van der Waals surface area (Å²) in [6.45, 7) is 0. The molecule has 0 unspecified atom stereocenters. The predicted molar refractivity (Wildman–Crippen MR) is 66.2 cm³/mol. The molecule has 1 aromatic carbocycles. The molecular formula is C12H8BrF3N2O. The molecule has 0 aliphatic carbocycles. The molecule has 100 valence electrons. The van der Waals surface area contributed by atoms with Crippen LogP contribution in [0.1, 0.15) is 11.1 Å². The van der Waals surface area contributed by atoms with Crippen molar-refractivity contribution in [3.05, 3.63) is 47.8 Å². The van der Waals surface area contributed by atoms with Crippen LogP contribution < -0.4 is 4.74 Å². The van der Waals surface area contributed by atoms with E-state index < -0.39 is 11.7 Å². The van der Waals surface area contributed by atoms with Gasteiger partial charge in [-0.05, 0) is 17.7 Å². The molecule has 0 fully saturated rings. The van der Waals surface area contributed by atoms with Gasteiger partial charge in [-0.2, -0.15) is 13.2 Å². The van der Waals surface area contributed by atoms with E-state index in [2.05, 4.69) is 25.9 Å². The summed E-state index contributed by atoms with van der Waals surface area (Å²) in [6, 6.07) is 4.80. The van der Waals surface area contributed by atoms with Crippen molar-refractivity contribution in [1.29, 1.82) is 0 Å². The summed E-state index contributed by atoms with van der Waals surface area (Å²) in [4.78, 5) is 7.67. The third kappa shape index (κ3) is 3.44. The largest absolute Gasteiger partial charge is 0.424 e. The summed E-state index contributed by atoms with van der Waals surface area (Å²) in [7, 11) is 0. The number of benzene rings is 1. The van der Waals surface area contributed by atoms with Crippen molar-refractivity contribution >= 4 is 15.9 Å². The summed E-state index contributed by atoms with van der Waals surface area (Å²) in [5, 5.41) is 0.562. The summed E-state index contributed by atoms with van der Waals surface area (Å²) in [5.41, 5.74) is -0.0559.